The molecule has 33 heavy (non-hydrogen) atoms. The molecule has 3 aromatic rings. The first-order valence-corrected chi connectivity index (χ1v) is 11.9. The quantitative estimate of drug-likeness (QED) is 0.215. The molecule has 5 nitrogen and oxygen atoms in total. The summed E-state index contributed by atoms with van der Waals surface area (Å²) in [5.41, 5.74) is 2.38. The van der Waals surface area contributed by atoms with Crippen molar-refractivity contribution in [2.24, 2.45) is 4.99 Å². The van der Waals surface area contributed by atoms with Gasteiger partial charge in [0.05, 0.1) is 21.6 Å². The van der Waals surface area contributed by atoms with Crippen molar-refractivity contribution in [2.75, 3.05) is 7.11 Å². The Hall–Kier alpha value is -2.32. The van der Waals surface area contributed by atoms with Crippen LogP contribution in [0.2, 0.25) is 10.0 Å². The lowest BCUT2D eigenvalue weighted by Gasteiger charge is -2.14. The number of carbonyl (C=O) groups is 1. The highest BCUT2D eigenvalue weighted by Gasteiger charge is 2.25. The minimum absolute atomic E-state index is 0.146. The minimum Gasteiger partial charge on any atom is -0.493 e. The van der Waals surface area contributed by atoms with Crippen LogP contribution in [0.1, 0.15) is 16.7 Å². The van der Waals surface area contributed by atoms with Crippen LogP contribution < -0.4 is 9.47 Å². The summed E-state index contributed by atoms with van der Waals surface area (Å²) in [6.45, 7) is 0.360. The van der Waals surface area contributed by atoms with Gasteiger partial charge in [-0.25, -0.2) is 9.79 Å². The molecule has 0 amide bonds. The van der Waals surface area contributed by atoms with Crippen molar-refractivity contribution in [2.45, 2.75) is 6.61 Å². The number of cyclic esters (lactones) is 1. The van der Waals surface area contributed by atoms with Gasteiger partial charge >= 0.3 is 5.97 Å². The number of esters is 1. The zero-order valence-corrected chi connectivity index (χ0v) is 21.8. The first-order chi connectivity index (χ1) is 15.8. The van der Waals surface area contributed by atoms with Crippen molar-refractivity contribution >= 4 is 73.0 Å². The average molecular weight is 612 g/mol. The predicted octanol–water partition coefficient (Wildman–Crippen LogP) is 7.45. The van der Waals surface area contributed by atoms with Gasteiger partial charge in [-0.2, -0.15) is 0 Å². The first kappa shape index (κ1) is 23.8. The van der Waals surface area contributed by atoms with E-state index in [1.165, 1.54) is 0 Å². The monoisotopic (exact) mass is 609 g/mol. The maximum Gasteiger partial charge on any atom is 0.363 e. The van der Waals surface area contributed by atoms with Crippen molar-refractivity contribution < 1.29 is 19.0 Å². The largest absolute Gasteiger partial charge is 0.493 e. The summed E-state index contributed by atoms with van der Waals surface area (Å²) < 4.78 is 18.4. The molecule has 9 heteroatoms. The topological polar surface area (TPSA) is 57.1 Å². The summed E-state index contributed by atoms with van der Waals surface area (Å²) in [7, 11) is 1.55. The van der Waals surface area contributed by atoms with Gasteiger partial charge in [0.2, 0.25) is 5.90 Å². The second kappa shape index (κ2) is 10.3. The molecule has 0 aliphatic carbocycles. The molecule has 0 bridgehead atoms. The molecule has 0 unspecified atom stereocenters. The minimum atomic E-state index is -0.568. The number of benzene rings is 3. The lowest BCUT2D eigenvalue weighted by Crippen LogP contribution is -2.05. The van der Waals surface area contributed by atoms with Gasteiger partial charge in [-0.15, -0.1) is 0 Å². The second-order valence-electron chi connectivity index (χ2n) is 6.92. The molecule has 1 heterocycles. The highest BCUT2D eigenvalue weighted by molar-refractivity contribution is 9.10. The molecular weight excluding hydrogens is 597 g/mol. The molecule has 1 aliphatic rings. The van der Waals surface area contributed by atoms with Crippen LogP contribution in [0.3, 0.4) is 0 Å². The fourth-order valence-electron chi connectivity index (χ4n) is 3.07. The molecule has 0 radical (unpaired) electrons. The number of rotatable bonds is 6. The van der Waals surface area contributed by atoms with E-state index in [4.69, 9.17) is 37.4 Å². The van der Waals surface area contributed by atoms with Crippen LogP contribution in [0, 0.1) is 0 Å². The van der Waals surface area contributed by atoms with Gasteiger partial charge in [0.25, 0.3) is 0 Å². The zero-order valence-electron chi connectivity index (χ0n) is 17.1. The third-order valence-corrected chi connectivity index (χ3v) is 6.44. The predicted molar refractivity (Wildman–Crippen MR) is 136 cm³/mol. The molecule has 3 aromatic carbocycles. The van der Waals surface area contributed by atoms with Crippen molar-refractivity contribution in [3.63, 3.8) is 0 Å². The van der Waals surface area contributed by atoms with E-state index in [-0.39, 0.29) is 11.6 Å². The smallest absolute Gasteiger partial charge is 0.363 e. The van der Waals surface area contributed by atoms with E-state index in [9.17, 15) is 4.79 Å². The fourth-order valence-corrected chi connectivity index (χ4v) is 4.38. The summed E-state index contributed by atoms with van der Waals surface area (Å²) in [6, 6.07) is 16.3. The van der Waals surface area contributed by atoms with Gasteiger partial charge in [-0.3, -0.25) is 0 Å². The van der Waals surface area contributed by atoms with Gasteiger partial charge in [0.1, 0.15) is 6.61 Å². The van der Waals surface area contributed by atoms with Crippen LogP contribution in [-0.4, -0.2) is 19.0 Å². The Morgan fingerprint density at radius 2 is 1.88 bits per heavy atom. The van der Waals surface area contributed by atoms with Gasteiger partial charge in [0.15, 0.2) is 17.2 Å². The highest BCUT2D eigenvalue weighted by Crippen LogP contribution is 2.38. The summed E-state index contributed by atoms with van der Waals surface area (Å²) in [5.74, 6) is 0.644. The maximum absolute atomic E-state index is 12.4. The van der Waals surface area contributed by atoms with Gasteiger partial charge in [-0.05, 0) is 75.6 Å². The zero-order chi connectivity index (χ0) is 23.5. The number of aliphatic imine (C=N–C) groups is 1. The van der Waals surface area contributed by atoms with Crippen LogP contribution >= 0.6 is 55.1 Å². The number of halogens is 4. The summed E-state index contributed by atoms with van der Waals surface area (Å²) in [4.78, 5) is 16.7. The molecule has 0 saturated heterocycles. The Bertz CT molecular complexity index is 1310. The molecule has 0 spiro atoms. The number of hydrogen-bond acceptors (Lipinski definition) is 5. The third kappa shape index (κ3) is 5.61. The molecule has 0 N–H and O–H groups in total. The van der Waals surface area contributed by atoms with Crippen LogP contribution in [0.15, 0.2) is 74.2 Å². The number of methoxy groups -OCH3 is 1. The summed E-state index contributed by atoms with van der Waals surface area (Å²) in [6.07, 6.45) is 1.61. The number of hydrogen-bond donors (Lipinski definition) is 0. The molecular formula is C24H15Br2Cl2NO4. The first-order valence-electron chi connectivity index (χ1n) is 9.57. The van der Waals surface area contributed by atoms with Gasteiger partial charge in [0, 0.05) is 10.0 Å². The molecule has 0 saturated carbocycles. The average Bonchev–Trinajstić information content (AvgIpc) is 3.14. The van der Waals surface area contributed by atoms with Crippen molar-refractivity contribution in [3.8, 4) is 11.5 Å². The number of ether oxygens (including phenoxy) is 3. The van der Waals surface area contributed by atoms with E-state index in [1.54, 1.807) is 37.5 Å². The second-order valence-corrected chi connectivity index (χ2v) is 9.50. The fraction of sp³-hybridized carbons (Fsp3) is 0.0833. The van der Waals surface area contributed by atoms with E-state index in [0.717, 1.165) is 10.0 Å². The van der Waals surface area contributed by atoms with Crippen LogP contribution in [0.4, 0.5) is 0 Å². The van der Waals surface area contributed by atoms with E-state index in [2.05, 4.69) is 36.9 Å². The van der Waals surface area contributed by atoms with Crippen molar-refractivity contribution in [1.82, 2.24) is 0 Å². The van der Waals surface area contributed by atoms with Crippen molar-refractivity contribution in [1.29, 1.82) is 0 Å². The Kier molecular flexibility index (Phi) is 7.44. The lowest BCUT2D eigenvalue weighted by molar-refractivity contribution is -0.129. The standard InChI is InChI=1S/C24H15Br2Cl2NO4/c1-31-21-10-14(8-17(26)22(21)32-12-13-3-2-4-16(25)7-13)9-20-24(30)33-23(29-20)15-5-6-18(27)19(28)11-15/h2-11H,12H2,1H3/b20-9-. The van der Waals surface area contributed by atoms with Gasteiger partial charge in [-0.1, -0.05) is 51.3 Å². The van der Waals surface area contributed by atoms with Gasteiger partial charge < -0.3 is 14.2 Å². The Balaban J connectivity index is 1.59. The molecule has 0 aromatic heterocycles. The van der Waals surface area contributed by atoms with Crippen LogP contribution in [0.25, 0.3) is 6.08 Å². The molecule has 1 aliphatic heterocycles. The lowest BCUT2D eigenvalue weighted by atomic mass is 10.1. The van der Waals surface area contributed by atoms with E-state index < -0.39 is 5.97 Å². The molecule has 0 atom stereocenters. The number of carbonyl (C=O) groups excluding carboxylic acids is 1. The third-order valence-electron chi connectivity index (χ3n) is 4.61. The molecule has 168 valence electrons. The molecule has 4 rings (SSSR count). The Morgan fingerprint density at radius 1 is 1.06 bits per heavy atom. The van der Waals surface area contributed by atoms with E-state index >= 15 is 0 Å². The van der Waals surface area contributed by atoms with Crippen LogP contribution in [0.5, 0.6) is 11.5 Å². The number of nitrogens with zero attached hydrogens (tertiary/aromatic N) is 1. The van der Waals surface area contributed by atoms with Crippen molar-refractivity contribution in [3.05, 3.63) is 96.0 Å². The Labute approximate surface area is 217 Å². The summed E-state index contributed by atoms with van der Waals surface area (Å²) >= 11 is 19.0. The van der Waals surface area contributed by atoms with E-state index in [0.29, 0.717) is 43.8 Å². The van der Waals surface area contributed by atoms with Crippen LogP contribution in [-0.2, 0) is 16.1 Å². The Morgan fingerprint density at radius 3 is 2.61 bits per heavy atom. The maximum atomic E-state index is 12.4. The summed E-state index contributed by atoms with van der Waals surface area (Å²) in [5, 5.41) is 0.748. The normalized spacial score (nSPS) is 14.3. The molecule has 0 fully saturated rings. The SMILES string of the molecule is COc1cc(/C=C2\N=C(c3ccc(Cl)c(Cl)c3)OC2=O)cc(Br)c1OCc1cccc(Br)c1. The van der Waals surface area contributed by atoms with E-state index in [1.807, 2.05) is 30.3 Å². The highest BCUT2D eigenvalue weighted by atomic mass is 79.9.